The molecule has 0 fully saturated rings. The van der Waals surface area contributed by atoms with Gasteiger partial charge in [-0.25, -0.2) is 0 Å². The van der Waals surface area contributed by atoms with Crippen molar-refractivity contribution in [1.82, 2.24) is 20.1 Å². The molecule has 0 spiro atoms. The summed E-state index contributed by atoms with van der Waals surface area (Å²) < 4.78 is 1.89. The molecule has 0 radical (unpaired) electrons. The number of rotatable bonds is 4. The van der Waals surface area contributed by atoms with Gasteiger partial charge in [-0.15, -0.1) is 0 Å². The average molecular weight is 230 g/mol. The monoisotopic (exact) mass is 230 g/mol. The second kappa shape index (κ2) is 5.10. The quantitative estimate of drug-likeness (QED) is 0.873. The molecule has 1 unspecified atom stereocenters. The Morgan fingerprint density at radius 3 is 2.82 bits per heavy atom. The predicted octanol–water partition coefficient (Wildman–Crippen LogP) is 1.97. The Labute approximate surface area is 102 Å². The molecule has 1 atom stereocenters. The highest BCUT2D eigenvalue weighted by atomic mass is 15.3. The van der Waals surface area contributed by atoms with Gasteiger partial charge in [0.25, 0.3) is 0 Å². The smallest absolute Gasteiger partial charge is 0.0570 e. The van der Waals surface area contributed by atoms with Gasteiger partial charge < -0.3 is 5.32 Å². The summed E-state index contributed by atoms with van der Waals surface area (Å²) in [6.45, 7) is 5.01. The lowest BCUT2D eigenvalue weighted by Gasteiger charge is -2.12. The fourth-order valence-electron chi connectivity index (χ4n) is 1.72. The number of aromatic nitrogens is 3. The Kier molecular flexibility index (Phi) is 3.54. The predicted molar refractivity (Wildman–Crippen MR) is 67.4 cm³/mol. The second-order valence-electron chi connectivity index (χ2n) is 4.24. The van der Waals surface area contributed by atoms with Crippen LogP contribution in [-0.4, -0.2) is 14.8 Å². The molecule has 0 aromatic carbocycles. The molecule has 2 rings (SSSR count). The van der Waals surface area contributed by atoms with E-state index in [2.05, 4.69) is 29.2 Å². The molecule has 0 aliphatic heterocycles. The third kappa shape index (κ3) is 2.71. The van der Waals surface area contributed by atoms with Crippen LogP contribution in [0.2, 0.25) is 0 Å². The van der Waals surface area contributed by atoms with E-state index in [0.29, 0.717) is 0 Å². The van der Waals surface area contributed by atoms with E-state index >= 15 is 0 Å². The molecule has 0 aliphatic rings. The fraction of sp³-hybridized carbons (Fsp3) is 0.385. The first-order valence-corrected chi connectivity index (χ1v) is 5.80. The molecule has 2 aromatic heterocycles. The zero-order valence-electron chi connectivity index (χ0n) is 10.5. The van der Waals surface area contributed by atoms with Crippen molar-refractivity contribution >= 4 is 0 Å². The highest BCUT2D eigenvalue weighted by molar-refractivity contribution is 5.16. The van der Waals surface area contributed by atoms with Gasteiger partial charge in [-0.3, -0.25) is 9.67 Å². The van der Waals surface area contributed by atoms with Gasteiger partial charge >= 0.3 is 0 Å². The molecule has 1 N–H and O–H groups in total. The van der Waals surface area contributed by atoms with Crippen LogP contribution in [0.15, 0.2) is 30.6 Å². The molecule has 4 nitrogen and oxygen atoms in total. The van der Waals surface area contributed by atoms with Crippen LogP contribution < -0.4 is 5.32 Å². The van der Waals surface area contributed by atoms with E-state index in [9.17, 15) is 0 Å². The second-order valence-corrected chi connectivity index (χ2v) is 4.24. The third-order valence-electron chi connectivity index (χ3n) is 3.07. The zero-order valence-corrected chi connectivity index (χ0v) is 10.5. The lowest BCUT2D eigenvalue weighted by atomic mass is 10.2. The molecule has 0 aliphatic carbocycles. The van der Waals surface area contributed by atoms with Crippen molar-refractivity contribution in [2.45, 2.75) is 26.4 Å². The molecule has 0 bridgehead atoms. The van der Waals surface area contributed by atoms with E-state index in [1.165, 1.54) is 11.3 Å². The number of hydrogen-bond acceptors (Lipinski definition) is 3. The van der Waals surface area contributed by atoms with E-state index in [-0.39, 0.29) is 6.04 Å². The van der Waals surface area contributed by atoms with Crippen molar-refractivity contribution in [3.05, 3.63) is 47.5 Å². The van der Waals surface area contributed by atoms with Crippen LogP contribution in [0.3, 0.4) is 0 Å². The zero-order chi connectivity index (χ0) is 12.3. The Hall–Kier alpha value is -1.68. The van der Waals surface area contributed by atoms with E-state index in [0.717, 1.165) is 12.2 Å². The summed E-state index contributed by atoms with van der Waals surface area (Å²) in [6, 6.07) is 6.22. The van der Waals surface area contributed by atoms with Crippen molar-refractivity contribution in [2.75, 3.05) is 0 Å². The molecular formula is C13H18N4. The lowest BCUT2D eigenvalue weighted by Crippen LogP contribution is -2.19. The van der Waals surface area contributed by atoms with Crippen LogP contribution in [-0.2, 0) is 13.6 Å². The minimum Gasteiger partial charge on any atom is -0.305 e. The summed E-state index contributed by atoms with van der Waals surface area (Å²) in [5.41, 5.74) is 3.50. The van der Waals surface area contributed by atoms with Gasteiger partial charge in [0.15, 0.2) is 0 Å². The van der Waals surface area contributed by atoms with Crippen LogP contribution >= 0.6 is 0 Å². The number of hydrogen-bond donors (Lipinski definition) is 1. The molecule has 0 saturated heterocycles. The van der Waals surface area contributed by atoms with Gasteiger partial charge in [0.1, 0.15) is 0 Å². The molecule has 0 amide bonds. The molecular weight excluding hydrogens is 212 g/mol. The summed E-state index contributed by atoms with van der Waals surface area (Å²) in [6.07, 6.45) is 3.73. The minimum absolute atomic E-state index is 0.246. The number of nitrogens with one attached hydrogen (secondary N) is 1. The van der Waals surface area contributed by atoms with Crippen molar-refractivity contribution in [1.29, 1.82) is 0 Å². The van der Waals surface area contributed by atoms with Crippen molar-refractivity contribution in [3.8, 4) is 0 Å². The maximum atomic E-state index is 4.34. The molecule has 2 heterocycles. The first kappa shape index (κ1) is 11.8. The van der Waals surface area contributed by atoms with Crippen molar-refractivity contribution in [3.63, 3.8) is 0 Å². The Morgan fingerprint density at radius 1 is 1.41 bits per heavy atom. The van der Waals surface area contributed by atoms with Gasteiger partial charge in [0.05, 0.1) is 11.9 Å². The van der Waals surface area contributed by atoms with Gasteiger partial charge in [-0.2, -0.15) is 5.10 Å². The normalized spacial score (nSPS) is 12.6. The summed E-state index contributed by atoms with van der Waals surface area (Å²) in [4.78, 5) is 4.34. The number of aryl methyl sites for hydroxylation is 1. The lowest BCUT2D eigenvalue weighted by molar-refractivity contribution is 0.559. The molecule has 2 aromatic rings. The van der Waals surface area contributed by atoms with Crippen LogP contribution in [0.5, 0.6) is 0 Å². The topological polar surface area (TPSA) is 42.7 Å². The van der Waals surface area contributed by atoms with Crippen LogP contribution in [0.25, 0.3) is 0 Å². The largest absolute Gasteiger partial charge is 0.305 e. The Balaban J connectivity index is 1.97. The van der Waals surface area contributed by atoms with E-state index in [1.807, 2.05) is 42.3 Å². The molecule has 4 heteroatoms. The fourth-order valence-corrected chi connectivity index (χ4v) is 1.72. The molecule has 17 heavy (non-hydrogen) atoms. The average Bonchev–Trinajstić information content (AvgIpc) is 2.68. The van der Waals surface area contributed by atoms with Gasteiger partial charge in [0, 0.05) is 37.1 Å². The molecule has 0 saturated carbocycles. The maximum absolute atomic E-state index is 4.34. The first-order chi connectivity index (χ1) is 8.18. The highest BCUT2D eigenvalue weighted by Gasteiger charge is 2.08. The Morgan fingerprint density at radius 2 is 2.24 bits per heavy atom. The summed E-state index contributed by atoms with van der Waals surface area (Å²) >= 11 is 0. The number of pyridine rings is 1. The SMILES string of the molecule is Cc1c(CNC(C)c2ccccn2)cnn1C. The van der Waals surface area contributed by atoms with Gasteiger partial charge in [-0.1, -0.05) is 6.07 Å². The van der Waals surface area contributed by atoms with Gasteiger partial charge in [-0.05, 0) is 26.0 Å². The highest BCUT2D eigenvalue weighted by Crippen LogP contribution is 2.11. The molecule has 90 valence electrons. The summed E-state index contributed by atoms with van der Waals surface area (Å²) in [7, 11) is 1.96. The van der Waals surface area contributed by atoms with E-state index in [4.69, 9.17) is 0 Å². The van der Waals surface area contributed by atoms with E-state index < -0.39 is 0 Å². The van der Waals surface area contributed by atoms with Crippen molar-refractivity contribution < 1.29 is 0 Å². The van der Waals surface area contributed by atoms with Crippen LogP contribution in [0, 0.1) is 6.92 Å². The van der Waals surface area contributed by atoms with Crippen molar-refractivity contribution in [2.24, 2.45) is 7.05 Å². The minimum atomic E-state index is 0.246. The van der Waals surface area contributed by atoms with Crippen LogP contribution in [0.4, 0.5) is 0 Å². The van der Waals surface area contributed by atoms with Gasteiger partial charge in [0.2, 0.25) is 0 Å². The maximum Gasteiger partial charge on any atom is 0.0570 e. The first-order valence-electron chi connectivity index (χ1n) is 5.80. The summed E-state index contributed by atoms with van der Waals surface area (Å²) in [5.74, 6) is 0. The summed E-state index contributed by atoms with van der Waals surface area (Å²) in [5, 5.41) is 7.68. The van der Waals surface area contributed by atoms with E-state index in [1.54, 1.807) is 0 Å². The Bertz CT molecular complexity index is 475. The standard InChI is InChI=1S/C13H18N4/c1-10(13-6-4-5-7-14-13)15-8-12-9-16-17(3)11(12)2/h4-7,9-10,15H,8H2,1-3H3. The number of nitrogens with zero attached hydrogens (tertiary/aromatic N) is 3. The van der Waals surface area contributed by atoms with Crippen LogP contribution in [0.1, 0.15) is 29.9 Å². The third-order valence-corrected chi connectivity index (χ3v) is 3.07.